The normalized spacial score (nSPS) is 13.2. The smallest absolute Gasteiger partial charge is 0 e. The molecule has 0 N–H and O–H groups in total. The standard InChI is InChI=1S/C20H18O.6CO.2Co/c21-19-13-7-12-18(15-14-16-8-3-1-4-9-16)20(19)17-10-5-2-6-11-17;6*1-2;;/h1-6,8-11,18,20H,7,12-13H2;;;;;;;;/t18-,20-;;;;;;;;/m1......../s1. The van der Waals surface area contributed by atoms with Gasteiger partial charge in [-0.25, -0.2) is 0 Å². The summed E-state index contributed by atoms with van der Waals surface area (Å²) in [6, 6.07) is 20.1. The van der Waals surface area contributed by atoms with Crippen molar-refractivity contribution in [2.75, 3.05) is 0 Å². The summed E-state index contributed by atoms with van der Waals surface area (Å²) in [6.07, 6.45) is 2.64. The van der Waals surface area contributed by atoms with Gasteiger partial charge < -0.3 is 0 Å². The van der Waals surface area contributed by atoms with E-state index in [-0.39, 0.29) is 45.4 Å². The van der Waals surface area contributed by atoms with Crippen LogP contribution in [0.2, 0.25) is 0 Å². The summed E-state index contributed by atoms with van der Waals surface area (Å²) in [7, 11) is 0. The van der Waals surface area contributed by atoms with Crippen molar-refractivity contribution < 1.29 is 66.3 Å². The van der Waals surface area contributed by atoms with E-state index in [1.54, 1.807) is 0 Å². The Morgan fingerprint density at radius 3 is 1.49 bits per heavy atom. The average molecular weight is 560 g/mol. The third-order valence-electron chi connectivity index (χ3n) is 4.02. The molecule has 2 aromatic rings. The minimum absolute atomic E-state index is 0. The van der Waals surface area contributed by atoms with Gasteiger partial charge in [0.05, 0.1) is 5.92 Å². The van der Waals surface area contributed by atoms with E-state index in [4.69, 9.17) is 27.9 Å². The maximum atomic E-state index is 12.3. The topological polar surface area (TPSA) is 136 Å². The molecule has 0 aliphatic heterocycles. The van der Waals surface area contributed by atoms with Gasteiger partial charge in [0, 0.05) is 51.5 Å². The number of hydrogen-bond acceptors (Lipinski definition) is 1. The molecule has 2 aromatic carbocycles. The van der Waals surface area contributed by atoms with Gasteiger partial charge in [-0.15, -0.1) is 0 Å². The van der Waals surface area contributed by atoms with Crippen LogP contribution in [0.4, 0.5) is 0 Å². The van der Waals surface area contributed by atoms with Crippen LogP contribution in [0.15, 0.2) is 60.7 Å². The van der Waals surface area contributed by atoms with E-state index in [0.717, 1.165) is 24.0 Å². The van der Waals surface area contributed by atoms with E-state index in [0.29, 0.717) is 12.2 Å². The molecule has 35 heavy (non-hydrogen) atoms. The van der Waals surface area contributed by atoms with E-state index in [1.165, 1.54) is 0 Å². The van der Waals surface area contributed by atoms with Gasteiger partial charge in [0.1, 0.15) is 5.78 Å². The molecule has 0 amide bonds. The van der Waals surface area contributed by atoms with Crippen molar-refractivity contribution >= 4 is 5.78 Å². The number of carbonyl (C=O) groups excluding carboxylic acids is 1. The van der Waals surface area contributed by atoms with E-state index in [9.17, 15) is 4.79 Å². The van der Waals surface area contributed by atoms with E-state index >= 15 is 0 Å². The SMILES string of the molecule is O=C1CCC[C@H](C#Cc2ccccc2)[C@H]1c1ccccc1.[C-]#[O+].[C-]#[O+].[C-]#[O+].[C-]#[O+].[C-]#[O+].[C-]#[O+].[Co].[Co]. The molecule has 1 aliphatic carbocycles. The first-order chi connectivity index (χ1) is 16.3. The van der Waals surface area contributed by atoms with Crippen molar-refractivity contribution in [3.8, 4) is 11.8 Å². The summed E-state index contributed by atoms with van der Waals surface area (Å²) in [5.41, 5.74) is 2.12. The minimum atomic E-state index is -0.0591. The second-order valence-electron chi connectivity index (χ2n) is 5.49. The maximum absolute atomic E-state index is 12.3. The van der Waals surface area contributed by atoms with Crippen molar-refractivity contribution in [1.29, 1.82) is 0 Å². The Morgan fingerprint density at radius 2 is 1.06 bits per heavy atom. The molecule has 182 valence electrons. The first-order valence-corrected chi connectivity index (χ1v) is 8.71. The summed E-state index contributed by atoms with van der Waals surface area (Å²) in [4.78, 5) is 12.3. The Labute approximate surface area is 226 Å². The quantitative estimate of drug-likeness (QED) is 0.291. The average Bonchev–Trinajstić information content (AvgIpc) is 2.95. The Balaban J connectivity index is -0.000000132. The fraction of sp³-hybridized carbons (Fsp3) is 0.192. The Morgan fingerprint density at radius 1 is 0.657 bits per heavy atom. The molecule has 9 heteroatoms. The van der Waals surface area contributed by atoms with Gasteiger partial charge >= 0.3 is 67.8 Å². The zero-order chi connectivity index (χ0) is 26.5. The molecule has 7 nitrogen and oxygen atoms in total. The van der Waals surface area contributed by atoms with Crippen LogP contribution in [0.3, 0.4) is 0 Å². The summed E-state index contributed by atoms with van der Waals surface area (Å²) < 4.78 is 45.0. The predicted octanol–water partition coefficient (Wildman–Crippen LogP) is 3.96. The molecule has 0 heterocycles. The first-order valence-electron chi connectivity index (χ1n) is 8.71. The van der Waals surface area contributed by atoms with Crippen molar-refractivity contribution in [3.63, 3.8) is 0 Å². The van der Waals surface area contributed by atoms with Crippen LogP contribution in [-0.2, 0) is 66.3 Å². The van der Waals surface area contributed by atoms with Crippen LogP contribution in [0.1, 0.15) is 36.3 Å². The van der Waals surface area contributed by atoms with Crippen LogP contribution in [0, 0.1) is 57.7 Å². The molecule has 0 spiro atoms. The second-order valence-corrected chi connectivity index (χ2v) is 5.49. The summed E-state index contributed by atoms with van der Waals surface area (Å²) in [6.45, 7) is 27.0. The van der Waals surface area contributed by atoms with Crippen LogP contribution < -0.4 is 0 Å². The van der Waals surface area contributed by atoms with Gasteiger partial charge in [-0.05, 0) is 30.5 Å². The van der Waals surface area contributed by atoms with Crippen molar-refractivity contribution in [3.05, 3.63) is 112 Å². The van der Waals surface area contributed by atoms with Gasteiger partial charge in [-0.1, -0.05) is 60.4 Å². The third kappa shape index (κ3) is 20.2. The summed E-state index contributed by atoms with van der Waals surface area (Å²) in [5.74, 6) is 6.99. The molecule has 0 bridgehead atoms. The summed E-state index contributed by atoms with van der Waals surface area (Å²) >= 11 is 0. The van der Waals surface area contributed by atoms with Crippen molar-refractivity contribution in [2.45, 2.75) is 25.2 Å². The zero-order valence-corrected chi connectivity index (χ0v) is 20.2. The molecule has 1 saturated carbocycles. The zero-order valence-electron chi connectivity index (χ0n) is 18.1. The van der Waals surface area contributed by atoms with E-state index < -0.39 is 0 Å². The van der Waals surface area contributed by atoms with E-state index in [2.05, 4.69) is 51.7 Å². The largest absolute Gasteiger partial charge is 0 e. The maximum Gasteiger partial charge on any atom is 0 e. The van der Waals surface area contributed by atoms with Gasteiger partial charge in [0.15, 0.2) is 0 Å². The Hall–Kier alpha value is -2.88. The van der Waals surface area contributed by atoms with Gasteiger partial charge in [-0.2, -0.15) is 0 Å². The molecule has 1 aliphatic rings. The molecule has 2 atom stereocenters. The fourth-order valence-corrected chi connectivity index (χ4v) is 2.97. The molecule has 1 fully saturated rings. The third-order valence-corrected chi connectivity index (χ3v) is 4.02. The van der Waals surface area contributed by atoms with Gasteiger partial charge in [0.2, 0.25) is 0 Å². The Kier molecular flexibility index (Phi) is 50.0. The fourth-order valence-electron chi connectivity index (χ4n) is 2.97. The Bertz CT molecular complexity index is 889. The number of benzene rings is 2. The van der Waals surface area contributed by atoms with Crippen LogP contribution in [0.5, 0.6) is 0 Å². The number of rotatable bonds is 1. The molecule has 2 radical (unpaired) electrons. The number of hydrogen-bond donors (Lipinski definition) is 0. The van der Waals surface area contributed by atoms with Gasteiger partial charge in [-0.3, -0.25) is 4.79 Å². The molecular formula is C26H18Co2O7. The van der Waals surface area contributed by atoms with E-state index in [1.807, 2.05) is 60.7 Å². The van der Waals surface area contributed by atoms with Gasteiger partial charge in [0.25, 0.3) is 0 Å². The minimum Gasteiger partial charge on any atom is 0 e. The molecule has 0 unspecified atom stereocenters. The van der Waals surface area contributed by atoms with Crippen molar-refractivity contribution in [1.82, 2.24) is 0 Å². The molecule has 0 saturated heterocycles. The predicted molar refractivity (Wildman–Crippen MR) is 108 cm³/mol. The van der Waals surface area contributed by atoms with Crippen LogP contribution >= 0.6 is 0 Å². The number of ketones is 1. The summed E-state index contributed by atoms with van der Waals surface area (Å²) in [5, 5.41) is 0. The number of Topliss-reactive ketones (excluding diaryl/α,β-unsaturated/α-hetero) is 1. The van der Waals surface area contributed by atoms with Crippen molar-refractivity contribution in [2.24, 2.45) is 5.92 Å². The molecule has 3 rings (SSSR count). The monoisotopic (exact) mass is 560 g/mol. The molecular weight excluding hydrogens is 542 g/mol. The second kappa shape index (κ2) is 38.4. The molecule has 0 aromatic heterocycles. The van der Waals surface area contributed by atoms with Crippen LogP contribution in [-0.4, -0.2) is 5.78 Å². The first kappa shape index (κ1) is 45.6. The number of carbonyl (C=O) groups is 1. The van der Waals surface area contributed by atoms with Crippen LogP contribution in [0.25, 0.3) is 0 Å².